The average Bonchev–Trinajstić information content (AvgIpc) is 3.11. The lowest BCUT2D eigenvalue weighted by Gasteiger charge is -2.34. The van der Waals surface area contributed by atoms with E-state index in [-0.39, 0.29) is 0 Å². The second-order valence-corrected chi connectivity index (χ2v) is 7.30. The largest absolute Gasteiger partial charge is 0.356 e. The number of aromatic nitrogens is 4. The van der Waals surface area contributed by atoms with Crippen molar-refractivity contribution in [1.82, 2.24) is 19.7 Å². The molecule has 1 fully saturated rings. The summed E-state index contributed by atoms with van der Waals surface area (Å²) in [6, 6.07) is 11.0. The summed E-state index contributed by atoms with van der Waals surface area (Å²) in [7, 11) is 0. The highest BCUT2D eigenvalue weighted by Crippen LogP contribution is 2.31. The summed E-state index contributed by atoms with van der Waals surface area (Å²) in [6.07, 6.45) is 4.18. The molecule has 0 spiro atoms. The number of fused-ring (bicyclic) bond motifs is 1. The first-order chi connectivity index (χ1) is 12.1. The van der Waals surface area contributed by atoms with Crippen LogP contribution in [0.15, 0.2) is 36.7 Å². The van der Waals surface area contributed by atoms with Crippen LogP contribution >= 0.6 is 0 Å². The Bertz CT molecular complexity index is 883. The molecule has 0 saturated carbocycles. The van der Waals surface area contributed by atoms with Crippen LogP contribution in [0.4, 0.5) is 5.82 Å². The Labute approximate surface area is 148 Å². The number of nitrogens with zero attached hydrogens (tertiary/aromatic N) is 5. The Kier molecular flexibility index (Phi) is 4.15. The van der Waals surface area contributed by atoms with Crippen LogP contribution in [-0.4, -0.2) is 32.8 Å². The van der Waals surface area contributed by atoms with E-state index in [0.717, 1.165) is 43.1 Å². The fraction of sp³-hybridized carbons (Fsp3) is 0.450. The highest BCUT2D eigenvalue weighted by molar-refractivity contribution is 5.81. The number of benzene rings is 1. The fourth-order valence-electron chi connectivity index (χ4n) is 3.85. The topological polar surface area (TPSA) is 46.8 Å². The first kappa shape index (κ1) is 16.1. The minimum atomic E-state index is 0.390. The number of hydrogen-bond donors (Lipinski definition) is 0. The van der Waals surface area contributed by atoms with Gasteiger partial charge in [-0.2, -0.15) is 0 Å². The average molecular weight is 335 g/mol. The molecule has 1 unspecified atom stereocenters. The third-order valence-electron chi connectivity index (χ3n) is 5.13. The highest BCUT2D eigenvalue weighted by Gasteiger charge is 2.27. The van der Waals surface area contributed by atoms with Gasteiger partial charge in [0, 0.05) is 30.4 Å². The zero-order valence-electron chi connectivity index (χ0n) is 15.2. The van der Waals surface area contributed by atoms with E-state index >= 15 is 0 Å². The Morgan fingerprint density at radius 2 is 2.04 bits per heavy atom. The Morgan fingerprint density at radius 1 is 1.20 bits per heavy atom. The molecule has 1 saturated heterocycles. The van der Waals surface area contributed by atoms with E-state index in [1.165, 1.54) is 10.9 Å². The van der Waals surface area contributed by atoms with E-state index in [9.17, 15) is 0 Å². The lowest BCUT2D eigenvalue weighted by Crippen LogP contribution is -2.36. The van der Waals surface area contributed by atoms with Crippen molar-refractivity contribution in [3.8, 4) is 0 Å². The molecule has 1 aliphatic rings. The van der Waals surface area contributed by atoms with Crippen LogP contribution in [0.2, 0.25) is 0 Å². The van der Waals surface area contributed by atoms with Crippen LogP contribution in [0, 0.1) is 6.92 Å². The van der Waals surface area contributed by atoms with Crippen molar-refractivity contribution < 1.29 is 0 Å². The van der Waals surface area contributed by atoms with Crippen molar-refractivity contribution in [2.75, 3.05) is 18.0 Å². The Morgan fingerprint density at radius 3 is 2.88 bits per heavy atom. The van der Waals surface area contributed by atoms with E-state index in [4.69, 9.17) is 4.98 Å². The molecule has 4 rings (SSSR count). The van der Waals surface area contributed by atoms with Crippen LogP contribution < -0.4 is 4.90 Å². The summed E-state index contributed by atoms with van der Waals surface area (Å²) in [5.41, 5.74) is 2.31. The number of hydrogen-bond acceptors (Lipinski definition) is 4. The minimum Gasteiger partial charge on any atom is -0.356 e. The van der Waals surface area contributed by atoms with Gasteiger partial charge in [-0.1, -0.05) is 18.2 Å². The first-order valence-electron chi connectivity index (χ1n) is 9.14. The summed E-state index contributed by atoms with van der Waals surface area (Å²) in [5, 5.41) is 9.79. The van der Waals surface area contributed by atoms with Gasteiger partial charge < -0.3 is 9.47 Å². The van der Waals surface area contributed by atoms with Crippen molar-refractivity contribution in [1.29, 1.82) is 0 Å². The summed E-state index contributed by atoms with van der Waals surface area (Å²) < 4.78 is 2.20. The SMILES string of the molecule is Cc1cc2ccccc2nc1N1CCCC(c2nncn2C(C)C)C1. The van der Waals surface area contributed by atoms with E-state index < -0.39 is 0 Å². The molecule has 0 amide bonds. The number of piperidine rings is 1. The molecule has 0 radical (unpaired) electrons. The molecule has 0 bridgehead atoms. The van der Waals surface area contributed by atoms with Gasteiger partial charge in [-0.15, -0.1) is 10.2 Å². The molecule has 5 nitrogen and oxygen atoms in total. The van der Waals surface area contributed by atoms with Gasteiger partial charge in [-0.25, -0.2) is 4.98 Å². The van der Waals surface area contributed by atoms with Crippen LogP contribution in [0.1, 0.15) is 50.0 Å². The van der Waals surface area contributed by atoms with Gasteiger partial charge in [0.1, 0.15) is 18.0 Å². The monoisotopic (exact) mass is 335 g/mol. The van der Waals surface area contributed by atoms with Crippen molar-refractivity contribution in [2.45, 2.75) is 45.6 Å². The fourth-order valence-corrected chi connectivity index (χ4v) is 3.85. The van der Waals surface area contributed by atoms with Gasteiger partial charge in [0.25, 0.3) is 0 Å². The van der Waals surface area contributed by atoms with Crippen LogP contribution in [0.25, 0.3) is 10.9 Å². The number of aryl methyl sites for hydroxylation is 1. The van der Waals surface area contributed by atoms with E-state index in [1.54, 1.807) is 0 Å². The van der Waals surface area contributed by atoms with Gasteiger partial charge >= 0.3 is 0 Å². The van der Waals surface area contributed by atoms with Crippen LogP contribution in [-0.2, 0) is 0 Å². The number of pyridine rings is 1. The lowest BCUT2D eigenvalue weighted by atomic mass is 9.96. The standard InChI is InChI=1S/C20H25N5/c1-14(2)25-13-21-23-20(25)17-8-6-10-24(12-17)19-15(3)11-16-7-4-5-9-18(16)22-19/h4-5,7,9,11,13-14,17H,6,8,10,12H2,1-3H3. The molecule has 25 heavy (non-hydrogen) atoms. The van der Waals surface area contributed by atoms with Crippen molar-refractivity contribution in [3.05, 3.63) is 48.0 Å². The normalized spacial score (nSPS) is 18.2. The summed E-state index contributed by atoms with van der Waals surface area (Å²) in [4.78, 5) is 7.38. The van der Waals surface area contributed by atoms with Gasteiger partial charge in [-0.05, 0) is 51.3 Å². The molecule has 0 N–H and O–H groups in total. The molecule has 0 aliphatic carbocycles. The van der Waals surface area contributed by atoms with E-state index in [2.05, 4.69) is 70.8 Å². The number of anilines is 1. The molecule has 3 heterocycles. The van der Waals surface area contributed by atoms with Gasteiger partial charge in [0.05, 0.1) is 5.52 Å². The third kappa shape index (κ3) is 2.99. The molecule has 130 valence electrons. The van der Waals surface area contributed by atoms with Crippen LogP contribution in [0.5, 0.6) is 0 Å². The van der Waals surface area contributed by atoms with Gasteiger partial charge in [0.2, 0.25) is 0 Å². The molecule has 1 aromatic carbocycles. The predicted molar refractivity (Wildman–Crippen MR) is 101 cm³/mol. The van der Waals surface area contributed by atoms with Crippen LogP contribution in [0.3, 0.4) is 0 Å². The van der Waals surface area contributed by atoms with Crippen molar-refractivity contribution >= 4 is 16.7 Å². The summed E-state index contributed by atoms with van der Waals surface area (Å²) in [5.74, 6) is 2.63. The van der Waals surface area contributed by atoms with Crippen molar-refractivity contribution in [2.24, 2.45) is 0 Å². The number of rotatable bonds is 3. The summed E-state index contributed by atoms with van der Waals surface area (Å²) >= 11 is 0. The number of para-hydroxylation sites is 1. The summed E-state index contributed by atoms with van der Waals surface area (Å²) in [6.45, 7) is 8.54. The third-order valence-corrected chi connectivity index (χ3v) is 5.13. The van der Waals surface area contributed by atoms with Gasteiger partial charge in [-0.3, -0.25) is 0 Å². The smallest absolute Gasteiger partial charge is 0.137 e. The molecule has 1 atom stereocenters. The molecular weight excluding hydrogens is 310 g/mol. The molecule has 2 aromatic heterocycles. The zero-order valence-corrected chi connectivity index (χ0v) is 15.2. The lowest BCUT2D eigenvalue weighted by molar-refractivity contribution is 0.453. The maximum atomic E-state index is 4.95. The molecular formula is C20H25N5. The predicted octanol–water partition coefficient (Wildman–Crippen LogP) is 4.10. The quantitative estimate of drug-likeness (QED) is 0.723. The maximum Gasteiger partial charge on any atom is 0.137 e. The molecule has 5 heteroatoms. The second-order valence-electron chi connectivity index (χ2n) is 7.30. The maximum absolute atomic E-state index is 4.95. The Balaban J connectivity index is 1.65. The first-order valence-corrected chi connectivity index (χ1v) is 9.14. The van der Waals surface area contributed by atoms with E-state index in [1.807, 2.05) is 6.33 Å². The highest BCUT2D eigenvalue weighted by atomic mass is 15.3. The van der Waals surface area contributed by atoms with Gasteiger partial charge in [0.15, 0.2) is 0 Å². The Hall–Kier alpha value is -2.43. The second kappa shape index (κ2) is 6.47. The molecule has 3 aromatic rings. The van der Waals surface area contributed by atoms with Crippen molar-refractivity contribution in [3.63, 3.8) is 0 Å². The van der Waals surface area contributed by atoms with E-state index in [0.29, 0.717) is 12.0 Å². The molecule has 1 aliphatic heterocycles. The minimum absolute atomic E-state index is 0.390. The zero-order chi connectivity index (χ0) is 17.4.